The lowest BCUT2D eigenvalue weighted by Crippen LogP contribution is -2.43. The number of likely N-dealkylation sites (tertiary alicyclic amines) is 1. The van der Waals surface area contributed by atoms with Crippen molar-refractivity contribution in [2.45, 2.75) is 19.0 Å². The molecule has 160 valence electrons. The Morgan fingerprint density at radius 1 is 1.23 bits per heavy atom. The number of likely N-dealkylation sites (N-methyl/N-ethyl adjacent to an activating group) is 1. The number of carboxylic acids is 1. The molecule has 0 aliphatic carbocycles. The molecule has 1 aliphatic rings. The lowest BCUT2D eigenvalue weighted by Gasteiger charge is -2.29. The molecule has 30 heavy (non-hydrogen) atoms. The van der Waals surface area contributed by atoms with Gasteiger partial charge in [0.2, 0.25) is 0 Å². The summed E-state index contributed by atoms with van der Waals surface area (Å²) >= 11 is 5.90. The van der Waals surface area contributed by atoms with E-state index in [-0.39, 0.29) is 34.4 Å². The third kappa shape index (κ3) is 4.55. The molecule has 0 bridgehead atoms. The largest absolute Gasteiger partial charge is 0.478 e. The molecule has 1 atom stereocenters. The molecular formula is C21H22ClF2N3O3. The highest BCUT2D eigenvalue weighted by Gasteiger charge is 2.32. The average Bonchev–Trinajstić information content (AvgIpc) is 3.19. The van der Waals surface area contributed by atoms with Crippen LogP contribution < -0.4 is 4.90 Å². The Kier molecular flexibility index (Phi) is 6.58. The van der Waals surface area contributed by atoms with Crippen molar-refractivity contribution in [2.24, 2.45) is 0 Å². The third-order valence-corrected chi connectivity index (χ3v) is 5.54. The molecule has 6 nitrogen and oxygen atoms in total. The summed E-state index contributed by atoms with van der Waals surface area (Å²) in [6, 6.07) is 7.40. The van der Waals surface area contributed by atoms with Crippen molar-refractivity contribution in [1.82, 2.24) is 9.80 Å². The number of carbonyl (C=O) groups excluding carboxylic acids is 1. The lowest BCUT2D eigenvalue weighted by atomic mass is 10.1. The van der Waals surface area contributed by atoms with Crippen molar-refractivity contribution >= 4 is 29.3 Å². The van der Waals surface area contributed by atoms with Gasteiger partial charge in [0.05, 0.1) is 22.8 Å². The second-order valence-corrected chi connectivity index (χ2v) is 7.81. The summed E-state index contributed by atoms with van der Waals surface area (Å²) in [4.78, 5) is 29.1. The van der Waals surface area contributed by atoms with Crippen LogP contribution in [0.4, 0.5) is 19.3 Å². The Bertz CT molecular complexity index is 971. The molecule has 1 fully saturated rings. The summed E-state index contributed by atoms with van der Waals surface area (Å²) in [5.41, 5.74) is -0.213. The average molecular weight is 438 g/mol. The first kappa shape index (κ1) is 22.0. The number of hydrogen-bond donors (Lipinski definition) is 1. The van der Waals surface area contributed by atoms with E-state index in [9.17, 15) is 18.4 Å². The molecule has 2 amide bonds. The van der Waals surface area contributed by atoms with E-state index in [4.69, 9.17) is 16.7 Å². The van der Waals surface area contributed by atoms with Gasteiger partial charge < -0.3 is 14.9 Å². The van der Waals surface area contributed by atoms with E-state index in [2.05, 4.69) is 0 Å². The van der Waals surface area contributed by atoms with Crippen molar-refractivity contribution in [3.05, 3.63) is 64.2 Å². The molecular weight excluding hydrogens is 416 g/mol. The molecule has 0 radical (unpaired) electrons. The zero-order valence-corrected chi connectivity index (χ0v) is 17.4. The molecule has 0 unspecified atom stereocenters. The third-order valence-electron chi connectivity index (χ3n) is 5.25. The smallest absolute Gasteiger partial charge is 0.335 e. The van der Waals surface area contributed by atoms with Crippen LogP contribution >= 0.6 is 11.6 Å². The summed E-state index contributed by atoms with van der Waals surface area (Å²) in [5, 5.41) is 8.87. The van der Waals surface area contributed by atoms with Gasteiger partial charge in [0.1, 0.15) is 5.82 Å². The lowest BCUT2D eigenvalue weighted by molar-refractivity contribution is 0.0696. The SMILES string of the molecule is CN(C)[C@H]1CCN(C(=O)N(Cc2ccc(C(=O)O)cc2F)c2cccc(Cl)c2F)C1. The van der Waals surface area contributed by atoms with Gasteiger partial charge in [-0.3, -0.25) is 4.90 Å². The maximum atomic E-state index is 14.8. The van der Waals surface area contributed by atoms with Crippen molar-refractivity contribution < 1.29 is 23.5 Å². The molecule has 1 heterocycles. The summed E-state index contributed by atoms with van der Waals surface area (Å²) < 4.78 is 29.3. The molecule has 9 heteroatoms. The molecule has 1 aliphatic heterocycles. The van der Waals surface area contributed by atoms with Crippen LogP contribution in [0.15, 0.2) is 36.4 Å². The summed E-state index contributed by atoms with van der Waals surface area (Å²) in [5.74, 6) is -2.83. The van der Waals surface area contributed by atoms with Crippen LogP contribution in [-0.2, 0) is 6.54 Å². The summed E-state index contributed by atoms with van der Waals surface area (Å²) in [7, 11) is 3.85. The maximum Gasteiger partial charge on any atom is 0.335 e. The van der Waals surface area contributed by atoms with Gasteiger partial charge in [0, 0.05) is 24.7 Å². The van der Waals surface area contributed by atoms with Crippen LogP contribution in [0.3, 0.4) is 0 Å². The zero-order valence-electron chi connectivity index (χ0n) is 16.6. The van der Waals surface area contributed by atoms with E-state index in [1.165, 1.54) is 30.3 Å². The van der Waals surface area contributed by atoms with Crippen LogP contribution in [0.25, 0.3) is 0 Å². The number of anilines is 1. The summed E-state index contributed by atoms with van der Waals surface area (Å²) in [6.45, 7) is 0.677. The molecule has 2 aromatic carbocycles. The van der Waals surface area contributed by atoms with Crippen molar-refractivity contribution in [3.63, 3.8) is 0 Å². The molecule has 3 rings (SSSR count). The number of rotatable bonds is 5. The Morgan fingerprint density at radius 2 is 1.97 bits per heavy atom. The van der Waals surface area contributed by atoms with Crippen LogP contribution in [0.1, 0.15) is 22.3 Å². The highest BCUT2D eigenvalue weighted by molar-refractivity contribution is 6.31. The Hall–Kier alpha value is -2.71. The Morgan fingerprint density at radius 3 is 2.57 bits per heavy atom. The number of amides is 2. The number of nitrogens with zero attached hydrogens (tertiary/aromatic N) is 3. The number of hydrogen-bond acceptors (Lipinski definition) is 3. The first-order valence-corrected chi connectivity index (χ1v) is 9.75. The van der Waals surface area contributed by atoms with Crippen LogP contribution in [0.2, 0.25) is 5.02 Å². The minimum absolute atomic E-state index is 0.0658. The van der Waals surface area contributed by atoms with Crippen molar-refractivity contribution in [1.29, 1.82) is 0 Å². The topological polar surface area (TPSA) is 64.1 Å². The number of halogens is 3. The minimum atomic E-state index is -1.26. The second kappa shape index (κ2) is 8.97. The fourth-order valence-electron chi connectivity index (χ4n) is 3.44. The standard InChI is InChI=1S/C21H22ClF2N3O3/c1-25(2)15-8-9-26(12-15)21(30)27(18-5-3-4-16(22)19(18)24)11-14-7-6-13(20(28)29)10-17(14)23/h3-7,10,15H,8-9,11-12H2,1-2H3,(H,28,29)/t15-/m0/s1. The highest BCUT2D eigenvalue weighted by atomic mass is 35.5. The van der Waals surface area contributed by atoms with Gasteiger partial charge in [0.15, 0.2) is 5.82 Å². The number of benzene rings is 2. The highest BCUT2D eigenvalue weighted by Crippen LogP contribution is 2.29. The van der Waals surface area contributed by atoms with Crippen LogP contribution in [0.5, 0.6) is 0 Å². The van der Waals surface area contributed by atoms with Gasteiger partial charge in [-0.2, -0.15) is 0 Å². The monoisotopic (exact) mass is 437 g/mol. The number of urea groups is 1. The minimum Gasteiger partial charge on any atom is -0.478 e. The molecule has 0 saturated carbocycles. The number of carbonyl (C=O) groups is 2. The fraction of sp³-hybridized carbons (Fsp3) is 0.333. The fourth-order valence-corrected chi connectivity index (χ4v) is 3.61. The first-order valence-electron chi connectivity index (χ1n) is 9.37. The first-order chi connectivity index (χ1) is 14.2. The quantitative estimate of drug-likeness (QED) is 0.765. The summed E-state index contributed by atoms with van der Waals surface area (Å²) in [6.07, 6.45) is 0.770. The number of aromatic carboxylic acids is 1. The predicted octanol–water partition coefficient (Wildman–Crippen LogP) is 4.08. The Balaban J connectivity index is 1.95. The number of carboxylic acid groups (broad SMARTS) is 1. The van der Waals surface area contributed by atoms with Gasteiger partial charge in [-0.05, 0) is 44.8 Å². The molecule has 2 aromatic rings. The van der Waals surface area contributed by atoms with E-state index >= 15 is 0 Å². The Labute approximate surface area is 178 Å². The second-order valence-electron chi connectivity index (χ2n) is 7.41. The van der Waals surface area contributed by atoms with E-state index in [0.717, 1.165) is 17.4 Å². The van der Waals surface area contributed by atoms with E-state index in [1.54, 1.807) is 4.90 Å². The van der Waals surface area contributed by atoms with Crippen molar-refractivity contribution in [2.75, 3.05) is 32.1 Å². The van der Waals surface area contributed by atoms with Gasteiger partial charge in [-0.15, -0.1) is 0 Å². The molecule has 1 N–H and O–H groups in total. The van der Waals surface area contributed by atoms with E-state index in [1.807, 2.05) is 19.0 Å². The van der Waals surface area contributed by atoms with Crippen LogP contribution in [-0.4, -0.2) is 60.1 Å². The van der Waals surface area contributed by atoms with Crippen molar-refractivity contribution in [3.8, 4) is 0 Å². The van der Waals surface area contributed by atoms with Gasteiger partial charge in [-0.1, -0.05) is 23.7 Å². The normalized spacial score (nSPS) is 16.2. The molecule has 1 saturated heterocycles. The maximum absolute atomic E-state index is 14.8. The van der Waals surface area contributed by atoms with E-state index in [0.29, 0.717) is 13.1 Å². The van der Waals surface area contributed by atoms with Crippen LogP contribution in [0, 0.1) is 11.6 Å². The van der Waals surface area contributed by atoms with Gasteiger partial charge >= 0.3 is 12.0 Å². The van der Waals surface area contributed by atoms with Gasteiger partial charge in [0.25, 0.3) is 0 Å². The molecule has 0 spiro atoms. The van der Waals surface area contributed by atoms with E-state index < -0.39 is 23.6 Å². The zero-order chi connectivity index (χ0) is 22.0. The molecule has 0 aromatic heterocycles. The van der Waals surface area contributed by atoms with Gasteiger partial charge in [-0.25, -0.2) is 18.4 Å². The predicted molar refractivity (Wildman–Crippen MR) is 110 cm³/mol.